The Hall–Kier alpha value is -1.68. The third-order valence-corrected chi connectivity index (χ3v) is 3.93. The smallest absolute Gasteiger partial charge is 0.128 e. The van der Waals surface area contributed by atoms with Gasteiger partial charge < -0.3 is 5.73 Å². The van der Waals surface area contributed by atoms with Crippen molar-refractivity contribution < 1.29 is 4.39 Å². The maximum atomic E-state index is 14.2. The van der Waals surface area contributed by atoms with Crippen molar-refractivity contribution in [2.75, 3.05) is 0 Å². The molecule has 0 fully saturated rings. The average molecular weight is 275 g/mol. The van der Waals surface area contributed by atoms with Crippen LogP contribution in [0.4, 0.5) is 4.39 Å². The van der Waals surface area contributed by atoms with E-state index >= 15 is 0 Å². The Labute approximate surface area is 119 Å². The van der Waals surface area contributed by atoms with Gasteiger partial charge in [-0.2, -0.15) is 5.10 Å². The van der Waals surface area contributed by atoms with Crippen LogP contribution in [0.25, 0.3) is 0 Å². The zero-order chi connectivity index (χ0) is 15.0. The topological polar surface area (TPSA) is 43.8 Å². The van der Waals surface area contributed by atoms with E-state index in [0.29, 0.717) is 12.0 Å². The van der Waals surface area contributed by atoms with E-state index in [1.807, 2.05) is 45.5 Å². The van der Waals surface area contributed by atoms with Crippen LogP contribution in [0, 0.1) is 33.5 Å². The van der Waals surface area contributed by atoms with Gasteiger partial charge in [0.15, 0.2) is 0 Å². The van der Waals surface area contributed by atoms with E-state index in [1.54, 1.807) is 6.07 Å². The van der Waals surface area contributed by atoms with Gasteiger partial charge in [-0.1, -0.05) is 6.07 Å². The van der Waals surface area contributed by atoms with Crippen molar-refractivity contribution in [3.63, 3.8) is 0 Å². The molecule has 1 heterocycles. The van der Waals surface area contributed by atoms with Gasteiger partial charge in [-0.25, -0.2) is 4.39 Å². The molecular formula is C16H22FN3. The second-order valence-corrected chi connectivity index (χ2v) is 5.56. The first kappa shape index (κ1) is 14.7. The van der Waals surface area contributed by atoms with Crippen molar-refractivity contribution in [3.05, 3.63) is 51.6 Å². The highest BCUT2D eigenvalue weighted by molar-refractivity contribution is 5.36. The normalized spacial score (nSPS) is 12.8. The van der Waals surface area contributed by atoms with Gasteiger partial charge in [0.05, 0.1) is 5.69 Å². The molecule has 1 aromatic carbocycles. The molecule has 2 N–H and O–H groups in total. The highest BCUT2D eigenvalue weighted by Crippen LogP contribution is 2.26. The number of nitrogens with zero attached hydrogens (tertiary/aromatic N) is 2. The Balaban J connectivity index is 2.36. The summed E-state index contributed by atoms with van der Waals surface area (Å²) in [6.45, 7) is 7.78. The molecule has 0 aliphatic carbocycles. The fraction of sp³-hybridized carbons (Fsp3) is 0.438. The Bertz CT molecular complexity index is 620. The van der Waals surface area contributed by atoms with E-state index in [4.69, 9.17) is 5.73 Å². The minimum Gasteiger partial charge on any atom is -0.324 e. The van der Waals surface area contributed by atoms with E-state index in [1.165, 1.54) is 0 Å². The maximum Gasteiger partial charge on any atom is 0.128 e. The Morgan fingerprint density at radius 1 is 1.25 bits per heavy atom. The van der Waals surface area contributed by atoms with Crippen LogP contribution < -0.4 is 5.73 Å². The summed E-state index contributed by atoms with van der Waals surface area (Å²) in [5.41, 5.74) is 11.9. The first-order valence-corrected chi connectivity index (χ1v) is 6.82. The zero-order valence-corrected chi connectivity index (χ0v) is 12.8. The third-order valence-electron chi connectivity index (χ3n) is 3.93. The zero-order valence-electron chi connectivity index (χ0n) is 12.8. The van der Waals surface area contributed by atoms with Gasteiger partial charge in [-0.15, -0.1) is 0 Å². The highest BCUT2D eigenvalue weighted by Gasteiger charge is 2.19. The predicted molar refractivity (Wildman–Crippen MR) is 79.2 cm³/mol. The summed E-state index contributed by atoms with van der Waals surface area (Å²) in [6, 6.07) is 3.17. The van der Waals surface area contributed by atoms with E-state index in [0.717, 1.165) is 28.1 Å². The first-order chi connectivity index (χ1) is 9.31. The fourth-order valence-corrected chi connectivity index (χ4v) is 2.83. The molecule has 0 saturated heterocycles. The molecule has 0 aliphatic heterocycles. The van der Waals surface area contributed by atoms with Crippen molar-refractivity contribution in [1.82, 2.24) is 9.78 Å². The van der Waals surface area contributed by atoms with Crippen LogP contribution in [0.1, 0.15) is 39.7 Å². The summed E-state index contributed by atoms with van der Waals surface area (Å²) in [5, 5.41) is 4.38. The van der Waals surface area contributed by atoms with Crippen LogP contribution >= 0.6 is 0 Å². The summed E-state index contributed by atoms with van der Waals surface area (Å²) < 4.78 is 16.0. The summed E-state index contributed by atoms with van der Waals surface area (Å²) in [6.07, 6.45) is 0.603. The number of aromatic nitrogens is 2. The lowest BCUT2D eigenvalue weighted by molar-refractivity contribution is 0.575. The van der Waals surface area contributed by atoms with Crippen LogP contribution in [0.15, 0.2) is 12.1 Å². The molecule has 1 aromatic heterocycles. The number of rotatable bonds is 3. The van der Waals surface area contributed by atoms with E-state index in [-0.39, 0.29) is 11.9 Å². The van der Waals surface area contributed by atoms with Crippen LogP contribution in [0.5, 0.6) is 0 Å². The largest absolute Gasteiger partial charge is 0.324 e. The number of halogens is 1. The second-order valence-electron chi connectivity index (χ2n) is 5.56. The van der Waals surface area contributed by atoms with Gasteiger partial charge in [0, 0.05) is 24.3 Å². The summed E-state index contributed by atoms with van der Waals surface area (Å²) >= 11 is 0. The number of hydrogen-bond acceptors (Lipinski definition) is 2. The summed E-state index contributed by atoms with van der Waals surface area (Å²) in [5.74, 6) is -0.214. The van der Waals surface area contributed by atoms with Crippen molar-refractivity contribution >= 4 is 0 Å². The van der Waals surface area contributed by atoms with Crippen molar-refractivity contribution in [2.24, 2.45) is 12.8 Å². The molecule has 2 rings (SSSR count). The highest BCUT2D eigenvalue weighted by atomic mass is 19.1. The van der Waals surface area contributed by atoms with Gasteiger partial charge in [0.1, 0.15) is 5.82 Å². The molecule has 0 radical (unpaired) electrons. The molecule has 4 heteroatoms. The lowest BCUT2D eigenvalue weighted by atomic mass is 9.93. The van der Waals surface area contributed by atoms with Gasteiger partial charge >= 0.3 is 0 Å². The quantitative estimate of drug-likeness (QED) is 0.935. The first-order valence-electron chi connectivity index (χ1n) is 6.82. The minimum absolute atomic E-state index is 0.214. The molecule has 108 valence electrons. The van der Waals surface area contributed by atoms with Crippen LogP contribution in [-0.2, 0) is 13.5 Å². The molecule has 1 unspecified atom stereocenters. The molecule has 0 spiro atoms. The molecule has 20 heavy (non-hydrogen) atoms. The van der Waals surface area contributed by atoms with E-state index < -0.39 is 0 Å². The van der Waals surface area contributed by atoms with Crippen LogP contribution in [0.2, 0.25) is 0 Å². The molecular weight excluding hydrogens is 253 g/mol. The van der Waals surface area contributed by atoms with Gasteiger partial charge in [0.25, 0.3) is 0 Å². The van der Waals surface area contributed by atoms with Gasteiger partial charge in [-0.3, -0.25) is 4.68 Å². The van der Waals surface area contributed by atoms with Gasteiger partial charge in [0.2, 0.25) is 0 Å². The molecule has 0 bridgehead atoms. The number of hydrogen-bond donors (Lipinski definition) is 1. The van der Waals surface area contributed by atoms with Crippen LogP contribution in [0.3, 0.4) is 0 Å². The fourth-order valence-electron chi connectivity index (χ4n) is 2.83. The molecule has 1 atom stereocenters. The van der Waals surface area contributed by atoms with Crippen LogP contribution in [-0.4, -0.2) is 9.78 Å². The van der Waals surface area contributed by atoms with E-state index in [9.17, 15) is 4.39 Å². The predicted octanol–water partition coefficient (Wildman–Crippen LogP) is 3.04. The molecule has 2 aromatic rings. The molecule has 0 saturated carbocycles. The van der Waals surface area contributed by atoms with Crippen molar-refractivity contribution in [1.29, 1.82) is 0 Å². The monoisotopic (exact) mass is 275 g/mol. The van der Waals surface area contributed by atoms with Crippen molar-refractivity contribution in [3.8, 4) is 0 Å². The number of benzene rings is 1. The Morgan fingerprint density at radius 2 is 1.90 bits per heavy atom. The standard InChI is InChI=1S/C16H22FN3/c1-9-6-10(2)16(14(17)7-9)15(18)8-13-11(3)19-20(5)12(13)4/h6-7,15H,8,18H2,1-5H3. The number of nitrogens with two attached hydrogens (primary N) is 1. The Kier molecular flexibility index (Phi) is 3.95. The second kappa shape index (κ2) is 5.37. The number of aryl methyl sites for hydroxylation is 4. The minimum atomic E-state index is -0.350. The lowest BCUT2D eigenvalue weighted by Crippen LogP contribution is -2.17. The Morgan fingerprint density at radius 3 is 2.40 bits per heavy atom. The lowest BCUT2D eigenvalue weighted by Gasteiger charge is -2.17. The molecule has 0 amide bonds. The maximum absolute atomic E-state index is 14.2. The molecule has 0 aliphatic rings. The third kappa shape index (κ3) is 2.61. The summed E-state index contributed by atoms with van der Waals surface area (Å²) in [4.78, 5) is 0. The van der Waals surface area contributed by atoms with E-state index in [2.05, 4.69) is 5.10 Å². The molecule has 3 nitrogen and oxygen atoms in total. The summed E-state index contributed by atoms with van der Waals surface area (Å²) in [7, 11) is 1.91. The SMILES string of the molecule is Cc1cc(C)c(C(N)Cc2c(C)nn(C)c2C)c(F)c1. The van der Waals surface area contributed by atoms with Gasteiger partial charge in [-0.05, 0) is 56.9 Å². The van der Waals surface area contributed by atoms with Crippen molar-refractivity contribution in [2.45, 2.75) is 40.2 Å². The average Bonchev–Trinajstić information content (AvgIpc) is 2.54.